The van der Waals surface area contributed by atoms with Gasteiger partial charge in [-0.15, -0.1) is 0 Å². The SMILES string of the molecule is O=C1C[C@H]2N(Cc3ccc(OCCc4ccccc4)cc3)CC[C@]23OCCN13. The van der Waals surface area contributed by atoms with E-state index in [4.69, 9.17) is 9.47 Å². The molecule has 146 valence electrons. The lowest BCUT2D eigenvalue weighted by Crippen LogP contribution is -2.47. The Bertz CT molecular complexity index is 839. The lowest BCUT2D eigenvalue weighted by molar-refractivity contribution is -0.136. The van der Waals surface area contributed by atoms with Crippen LogP contribution in [0.5, 0.6) is 5.75 Å². The second-order valence-electron chi connectivity index (χ2n) is 7.91. The van der Waals surface area contributed by atoms with E-state index in [9.17, 15) is 4.79 Å². The van der Waals surface area contributed by atoms with E-state index < -0.39 is 0 Å². The zero-order valence-corrected chi connectivity index (χ0v) is 16.0. The Hall–Kier alpha value is -2.37. The van der Waals surface area contributed by atoms with E-state index in [1.54, 1.807) is 0 Å². The number of carbonyl (C=O) groups is 1. The second kappa shape index (κ2) is 7.22. The minimum absolute atomic E-state index is 0.185. The summed E-state index contributed by atoms with van der Waals surface area (Å²) in [5.74, 6) is 1.15. The van der Waals surface area contributed by atoms with Crippen LogP contribution < -0.4 is 4.74 Å². The number of likely N-dealkylation sites (tertiary alicyclic amines) is 1. The van der Waals surface area contributed by atoms with Crippen molar-refractivity contribution in [3.63, 3.8) is 0 Å². The Labute approximate surface area is 165 Å². The van der Waals surface area contributed by atoms with Crippen molar-refractivity contribution in [1.29, 1.82) is 0 Å². The predicted octanol–water partition coefficient (Wildman–Crippen LogP) is 2.84. The molecule has 1 amide bonds. The molecule has 3 aliphatic rings. The van der Waals surface area contributed by atoms with Crippen molar-refractivity contribution in [2.75, 3.05) is 26.3 Å². The summed E-state index contributed by atoms with van der Waals surface area (Å²) < 4.78 is 12.0. The molecule has 3 heterocycles. The standard InChI is InChI=1S/C23H26N2O3/c26-22-16-21-23(25(22)13-15-28-23)11-12-24(21)17-19-6-8-20(9-7-19)27-14-10-18-4-2-1-3-5-18/h1-9,21H,10-17H2/t21-,23+/m1/s1. The van der Waals surface area contributed by atoms with Gasteiger partial charge in [0.05, 0.1) is 19.3 Å². The molecular formula is C23H26N2O3. The highest BCUT2D eigenvalue weighted by Gasteiger charge is 2.61. The van der Waals surface area contributed by atoms with Gasteiger partial charge in [-0.2, -0.15) is 0 Å². The van der Waals surface area contributed by atoms with E-state index in [1.807, 2.05) is 23.1 Å². The number of carbonyl (C=O) groups excluding carboxylic acids is 1. The average molecular weight is 378 g/mol. The first-order valence-corrected chi connectivity index (χ1v) is 10.2. The fourth-order valence-electron chi connectivity index (χ4n) is 4.92. The second-order valence-corrected chi connectivity index (χ2v) is 7.91. The van der Waals surface area contributed by atoms with Gasteiger partial charge in [0, 0.05) is 38.9 Å². The van der Waals surface area contributed by atoms with Crippen LogP contribution in [-0.4, -0.2) is 53.8 Å². The number of ether oxygens (including phenoxy) is 2. The minimum Gasteiger partial charge on any atom is -0.493 e. The molecule has 0 aliphatic carbocycles. The molecule has 2 aromatic carbocycles. The number of hydrogen-bond acceptors (Lipinski definition) is 4. The minimum atomic E-state index is -0.350. The number of hydrogen-bond donors (Lipinski definition) is 0. The van der Waals surface area contributed by atoms with E-state index in [0.29, 0.717) is 19.6 Å². The Morgan fingerprint density at radius 2 is 1.86 bits per heavy atom. The number of nitrogens with zero attached hydrogens (tertiary/aromatic N) is 2. The molecule has 0 saturated carbocycles. The molecule has 0 aromatic heterocycles. The molecule has 0 bridgehead atoms. The molecule has 3 aliphatic heterocycles. The molecular weight excluding hydrogens is 352 g/mol. The van der Waals surface area contributed by atoms with Crippen molar-refractivity contribution in [3.05, 3.63) is 65.7 Å². The summed E-state index contributed by atoms with van der Waals surface area (Å²) in [6, 6.07) is 18.9. The van der Waals surface area contributed by atoms with Crippen LogP contribution in [0.15, 0.2) is 54.6 Å². The summed E-state index contributed by atoms with van der Waals surface area (Å²) >= 11 is 0. The molecule has 0 N–H and O–H groups in total. The van der Waals surface area contributed by atoms with Crippen molar-refractivity contribution in [3.8, 4) is 5.75 Å². The molecule has 3 saturated heterocycles. The molecule has 28 heavy (non-hydrogen) atoms. The maximum absolute atomic E-state index is 12.3. The predicted molar refractivity (Wildman–Crippen MR) is 106 cm³/mol. The van der Waals surface area contributed by atoms with Gasteiger partial charge < -0.3 is 14.4 Å². The molecule has 5 heteroatoms. The smallest absolute Gasteiger partial charge is 0.226 e. The Morgan fingerprint density at radius 1 is 1.04 bits per heavy atom. The molecule has 0 radical (unpaired) electrons. The summed E-state index contributed by atoms with van der Waals surface area (Å²) in [5.41, 5.74) is 2.19. The van der Waals surface area contributed by atoms with Crippen LogP contribution in [0.1, 0.15) is 24.0 Å². The molecule has 3 fully saturated rings. The highest BCUT2D eigenvalue weighted by molar-refractivity contribution is 5.81. The molecule has 1 spiro atoms. The van der Waals surface area contributed by atoms with E-state index in [-0.39, 0.29) is 17.7 Å². The maximum Gasteiger partial charge on any atom is 0.226 e. The molecule has 5 rings (SSSR count). The van der Waals surface area contributed by atoms with Gasteiger partial charge in [0.2, 0.25) is 5.91 Å². The Balaban J connectivity index is 1.17. The Morgan fingerprint density at radius 3 is 2.68 bits per heavy atom. The summed E-state index contributed by atoms with van der Waals surface area (Å²) in [7, 11) is 0. The van der Waals surface area contributed by atoms with E-state index >= 15 is 0 Å². The van der Waals surface area contributed by atoms with Gasteiger partial charge in [0.15, 0.2) is 5.72 Å². The first-order chi connectivity index (χ1) is 13.7. The monoisotopic (exact) mass is 378 g/mol. The highest BCUT2D eigenvalue weighted by atomic mass is 16.5. The van der Waals surface area contributed by atoms with E-state index in [1.165, 1.54) is 11.1 Å². The van der Waals surface area contributed by atoms with Crippen LogP contribution in [0, 0.1) is 0 Å². The first-order valence-electron chi connectivity index (χ1n) is 10.2. The molecule has 2 atom stereocenters. The molecule has 2 aromatic rings. The number of rotatable bonds is 6. The van der Waals surface area contributed by atoms with Crippen molar-refractivity contribution in [2.45, 2.75) is 37.6 Å². The van der Waals surface area contributed by atoms with Gasteiger partial charge in [-0.1, -0.05) is 42.5 Å². The molecule has 0 unspecified atom stereocenters. The topological polar surface area (TPSA) is 42.0 Å². The van der Waals surface area contributed by atoms with Crippen molar-refractivity contribution in [2.24, 2.45) is 0 Å². The van der Waals surface area contributed by atoms with Crippen LogP contribution in [-0.2, 0) is 22.5 Å². The lowest BCUT2D eigenvalue weighted by atomic mass is 10.1. The highest BCUT2D eigenvalue weighted by Crippen LogP contribution is 2.45. The van der Waals surface area contributed by atoms with Crippen molar-refractivity contribution in [1.82, 2.24) is 9.80 Å². The third kappa shape index (κ3) is 3.09. The summed E-state index contributed by atoms with van der Waals surface area (Å²) in [6.07, 6.45) is 2.41. The van der Waals surface area contributed by atoms with Gasteiger partial charge in [0.1, 0.15) is 5.75 Å². The zero-order chi connectivity index (χ0) is 19.0. The fourth-order valence-corrected chi connectivity index (χ4v) is 4.92. The normalized spacial score (nSPS) is 26.5. The zero-order valence-electron chi connectivity index (χ0n) is 16.0. The van der Waals surface area contributed by atoms with Crippen LogP contribution in [0.4, 0.5) is 0 Å². The van der Waals surface area contributed by atoms with Gasteiger partial charge >= 0.3 is 0 Å². The van der Waals surface area contributed by atoms with Crippen molar-refractivity contribution < 1.29 is 14.3 Å². The van der Waals surface area contributed by atoms with Gasteiger partial charge in [-0.25, -0.2) is 0 Å². The van der Waals surface area contributed by atoms with Gasteiger partial charge in [0.25, 0.3) is 0 Å². The van der Waals surface area contributed by atoms with Gasteiger partial charge in [-0.05, 0) is 23.3 Å². The number of benzene rings is 2. The summed E-state index contributed by atoms with van der Waals surface area (Å²) in [4.78, 5) is 16.7. The third-order valence-electron chi connectivity index (χ3n) is 6.32. The largest absolute Gasteiger partial charge is 0.493 e. The van der Waals surface area contributed by atoms with Crippen molar-refractivity contribution >= 4 is 5.91 Å². The van der Waals surface area contributed by atoms with Gasteiger partial charge in [-0.3, -0.25) is 9.69 Å². The fraction of sp³-hybridized carbons (Fsp3) is 0.435. The lowest BCUT2D eigenvalue weighted by Gasteiger charge is -2.31. The first kappa shape index (κ1) is 17.7. The Kier molecular flexibility index (Phi) is 4.57. The maximum atomic E-state index is 12.3. The van der Waals surface area contributed by atoms with Crippen LogP contribution in [0.3, 0.4) is 0 Å². The molecule has 5 nitrogen and oxygen atoms in total. The van der Waals surface area contributed by atoms with Crippen LogP contribution >= 0.6 is 0 Å². The summed E-state index contributed by atoms with van der Waals surface area (Å²) in [5, 5.41) is 0. The quantitative estimate of drug-likeness (QED) is 0.775. The average Bonchev–Trinajstić information content (AvgIpc) is 3.36. The third-order valence-corrected chi connectivity index (χ3v) is 6.32. The van der Waals surface area contributed by atoms with Crippen LogP contribution in [0.2, 0.25) is 0 Å². The summed E-state index contributed by atoms with van der Waals surface area (Å²) in [6.45, 7) is 3.92. The van der Waals surface area contributed by atoms with Crippen LogP contribution in [0.25, 0.3) is 0 Å². The van der Waals surface area contributed by atoms with E-state index in [0.717, 1.165) is 38.2 Å². The van der Waals surface area contributed by atoms with E-state index in [2.05, 4.69) is 41.3 Å². The number of amides is 1.